The Balaban J connectivity index is 3.72. The molecule has 0 atom stereocenters. The molecule has 0 heterocycles. The molecule has 0 nitrogen and oxygen atoms in total. The summed E-state index contributed by atoms with van der Waals surface area (Å²) in [5.74, 6) is 0. The fraction of sp³-hybridized carbons (Fsp3) is 0.600. The predicted octanol–water partition coefficient (Wildman–Crippen LogP) is 3.70. The number of hydrogen-bond acceptors (Lipinski definition) is 0. The van der Waals surface area contributed by atoms with Crippen molar-refractivity contribution in [2.75, 3.05) is 0 Å². The maximum absolute atomic E-state index is 2.30. The molecule has 0 aliphatic rings. The van der Waals surface area contributed by atoms with Gasteiger partial charge in [0.05, 0.1) is 0 Å². The van der Waals surface area contributed by atoms with E-state index in [1.54, 1.807) is 0 Å². The first-order valence-corrected chi connectivity index (χ1v) is 3.98. The van der Waals surface area contributed by atoms with E-state index in [2.05, 4.69) is 39.8 Å². The third kappa shape index (κ3) is 4.37. The first kappa shape index (κ1) is 9.48. The monoisotopic (exact) mass is 138 g/mol. The summed E-state index contributed by atoms with van der Waals surface area (Å²) in [6.07, 6.45) is 6.77. The second-order valence-electron chi connectivity index (χ2n) is 2.74. The van der Waals surface area contributed by atoms with Crippen molar-refractivity contribution in [1.29, 1.82) is 0 Å². The molecule has 0 aromatic carbocycles. The zero-order valence-electron chi connectivity index (χ0n) is 7.57. The fourth-order valence-corrected chi connectivity index (χ4v) is 0.597. The summed E-state index contributed by atoms with van der Waals surface area (Å²) in [5, 5.41) is 0. The van der Waals surface area contributed by atoms with E-state index in [0.29, 0.717) is 0 Å². The molecule has 0 bridgehead atoms. The Morgan fingerprint density at radius 1 is 1.20 bits per heavy atom. The first-order valence-electron chi connectivity index (χ1n) is 3.98. The molecule has 0 heteroatoms. The molecule has 0 rings (SSSR count). The normalized spacial score (nSPS) is 14.0. The molecule has 0 saturated heterocycles. The minimum absolute atomic E-state index is 1.12. The van der Waals surface area contributed by atoms with Crippen LogP contribution in [0.25, 0.3) is 0 Å². The maximum Gasteiger partial charge on any atom is -0.0139 e. The van der Waals surface area contributed by atoms with Crippen LogP contribution >= 0.6 is 0 Å². The highest BCUT2D eigenvalue weighted by Gasteiger charge is 1.84. The average molecular weight is 138 g/mol. The van der Waals surface area contributed by atoms with Gasteiger partial charge in [-0.05, 0) is 33.6 Å². The van der Waals surface area contributed by atoms with Gasteiger partial charge in [0, 0.05) is 0 Å². The largest absolute Gasteiger partial charge is 0.0884 e. The molecule has 0 radical (unpaired) electrons. The zero-order chi connectivity index (χ0) is 7.98. The maximum atomic E-state index is 2.30. The summed E-state index contributed by atoms with van der Waals surface area (Å²) in [6, 6.07) is 0. The van der Waals surface area contributed by atoms with Gasteiger partial charge in [-0.2, -0.15) is 0 Å². The molecular weight excluding hydrogens is 120 g/mol. The molecule has 0 N–H and O–H groups in total. The molecule has 10 heavy (non-hydrogen) atoms. The lowest BCUT2D eigenvalue weighted by Crippen LogP contribution is -1.74. The predicted molar refractivity (Wildman–Crippen MR) is 48.1 cm³/mol. The van der Waals surface area contributed by atoms with E-state index < -0.39 is 0 Å². The summed E-state index contributed by atoms with van der Waals surface area (Å²) in [6.45, 7) is 8.63. The minimum atomic E-state index is 1.12. The van der Waals surface area contributed by atoms with Crippen LogP contribution in [0.4, 0.5) is 0 Å². The third-order valence-corrected chi connectivity index (χ3v) is 1.82. The topological polar surface area (TPSA) is 0 Å². The Bertz CT molecular complexity index is 138. The van der Waals surface area contributed by atoms with Gasteiger partial charge in [-0.3, -0.25) is 0 Å². The van der Waals surface area contributed by atoms with Crippen LogP contribution in [0, 0.1) is 0 Å². The highest BCUT2D eigenvalue weighted by Crippen LogP contribution is 2.05. The van der Waals surface area contributed by atoms with Gasteiger partial charge in [0.2, 0.25) is 0 Å². The Labute approximate surface area is 64.6 Å². The Morgan fingerprint density at radius 2 is 1.80 bits per heavy atom. The molecule has 0 aliphatic carbocycles. The molecule has 0 aliphatic heterocycles. The molecule has 0 saturated carbocycles. The lowest BCUT2D eigenvalue weighted by molar-refractivity contribution is 1.06. The number of allylic oxidation sites excluding steroid dienone is 4. The lowest BCUT2D eigenvalue weighted by atomic mass is 10.1. The van der Waals surface area contributed by atoms with Gasteiger partial charge < -0.3 is 0 Å². The van der Waals surface area contributed by atoms with Crippen molar-refractivity contribution in [1.82, 2.24) is 0 Å². The second-order valence-corrected chi connectivity index (χ2v) is 2.74. The molecule has 58 valence electrons. The summed E-state index contributed by atoms with van der Waals surface area (Å²) in [4.78, 5) is 0. The van der Waals surface area contributed by atoms with Crippen molar-refractivity contribution in [2.45, 2.75) is 40.5 Å². The molecule has 0 aromatic heterocycles. The van der Waals surface area contributed by atoms with Crippen molar-refractivity contribution in [3.05, 3.63) is 23.3 Å². The first-order chi connectivity index (χ1) is 4.70. The van der Waals surface area contributed by atoms with E-state index in [-0.39, 0.29) is 0 Å². The number of hydrogen-bond donors (Lipinski definition) is 0. The van der Waals surface area contributed by atoms with Crippen molar-refractivity contribution in [3.8, 4) is 0 Å². The molecule has 0 fully saturated rings. The Kier molecular flexibility index (Phi) is 5.00. The van der Waals surface area contributed by atoms with Gasteiger partial charge in [0.25, 0.3) is 0 Å². The summed E-state index contributed by atoms with van der Waals surface area (Å²) < 4.78 is 0. The van der Waals surface area contributed by atoms with Crippen LogP contribution in [-0.4, -0.2) is 0 Å². The van der Waals surface area contributed by atoms with E-state index in [1.807, 2.05) is 0 Å². The Morgan fingerprint density at radius 3 is 2.20 bits per heavy atom. The van der Waals surface area contributed by atoms with E-state index in [0.717, 1.165) is 6.42 Å². The third-order valence-electron chi connectivity index (χ3n) is 1.82. The molecular formula is C10H18. The molecule has 0 amide bonds. The van der Waals surface area contributed by atoms with Crippen molar-refractivity contribution in [3.63, 3.8) is 0 Å². The van der Waals surface area contributed by atoms with E-state index in [4.69, 9.17) is 0 Å². The SMILES string of the molecule is CC=C(C)C/C=C(/C)CC. The average Bonchev–Trinajstić information content (AvgIpc) is 1.99. The molecule has 0 aromatic rings. The van der Waals surface area contributed by atoms with Crippen LogP contribution in [0.1, 0.15) is 40.5 Å². The van der Waals surface area contributed by atoms with Crippen LogP contribution in [-0.2, 0) is 0 Å². The van der Waals surface area contributed by atoms with Gasteiger partial charge in [-0.25, -0.2) is 0 Å². The highest BCUT2D eigenvalue weighted by molar-refractivity contribution is 5.07. The van der Waals surface area contributed by atoms with E-state index >= 15 is 0 Å². The van der Waals surface area contributed by atoms with E-state index in [1.165, 1.54) is 17.6 Å². The van der Waals surface area contributed by atoms with Crippen molar-refractivity contribution >= 4 is 0 Å². The Hall–Kier alpha value is -0.520. The van der Waals surface area contributed by atoms with Crippen molar-refractivity contribution in [2.24, 2.45) is 0 Å². The van der Waals surface area contributed by atoms with Gasteiger partial charge >= 0.3 is 0 Å². The zero-order valence-corrected chi connectivity index (χ0v) is 7.57. The van der Waals surface area contributed by atoms with Crippen LogP contribution in [0.15, 0.2) is 23.3 Å². The molecule has 0 spiro atoms. The summed E-state index contributed by atoms with van der Waals surface area (Å²) in [7, 11) is 0. The van der Waals surface area contributed by atoms with Crippen LogP contribution in [0.2, 0.25) is 0 Å². The van der Waals surface area contributed by atoms with E-state index in [9.17, 15) is 0 Å². The summed E-state index contributed by atoms with van der Waals surface area (Å²) in [5.41, 5.74) is 2.94. The van der Waals surface area contributed by atoms with Gasteiger partial charge in [0.1, 0.15) is 0 Å². The standard InChI is InChI=1S/C10H18/c1-5-9(3)7-8-10(4)6-2/h5,8H,6-7H2,1-4H3/b9-5?,10-8-. The highest BCUT2D eigenvalue weighted by atomic mass is 13.9. The molecule has 0 unspecified atom stereocenters. The second kappa shape index (κ2) is 5.28. The summed E-state index contributed by atoms with van der Waals surface area (Å²) >= 11 is 0. The van der Waals surface area contributed by atoms with Crippen LogP contribution in [0.3, 0.4) is 0 Å². The quantitative estimate of drug-likeness (QED) is 0.522. The number of rotatable bonds is 3. The van der Waals surface area contributed by atoms with Crippen LogP contribution in [0.5, 0.6) is 0 Å². The smallest absolute Gasteiger partial charge is 0.0139 e. The van der Waals surface area contributed by atoms with Gasteiger partial charge in [-0.1, -0.05) is 30.2 Å². The van der Waals surface area contributed by atoms with Gasteiger partial charge in [-0.15, -0.1) is 0 Å². The fourth-order valence-electron chi connectivity index (χ4n) is 0.597. The van der Waals surface area contributed by atoms with Gasteiger partial charge in [0.15, 0.2) is 0 Å². The minimum Gasteiger partial charge on any atom is -0.0884 e. The lowest BCUT2D eigenvalue weighted by Gasteiger charge is -1.95. The van der Waals surface area contributed by atoms with Crippen LogP contribution < -0.4 is 0 Å². The van der Waals surface area contributed by atoms with Crippen molar-refractivity contribution < 1.29 is 0 Å².